The molecule has 0 fully saturated rings. The van der Waals surface area contributed by atoms with E-state index < -0.39 is 5.97 Å². The number of ether oxygens (including phenoxy) is 2. The minimum Gasteiger partial charge on any atom is -0.494 e. The summed E-state index contributed by atoms with van der Waals surface area (Å²) in [4.78, 5) is 16.2. The minimum absolute atomic E-state index is 0.265. The van der Waals surface area contributed by atoms with Gasteiger partial charge in [0.2, 0.25) is 5.90 Å². The number of cyclic esters (lactones) is 1. The van der Waals surface area contributed by atoms with Crippen molar-refractivity contribution >= 4 is 35.6 Å². The topological polar surface area (TPSA) is 47.9 Å². The lowest BCUT2D eigenvalue weighted by Gasteiger charge is -2.05. The molecule has 138 valence electrons. The zero-order chi connectivity index (χ0) is 19.1. The normalized spacial score (nSPS) is 15.3. The first-order valence-electron chi connectivity index (χ1n) is 8.83. The molecule has 0 aliphatic carbocycles. The van der Waals surface area contributed by atoms with Gasteiger partial charge in [0.25, 0.3) is 0 Å². The van der Waals surface area contributed by atoms with Crippen molar-refractivity contribution in [2.75, 3.05) is 6.61 Å². The van der Waals surface area contributed by atoms with Crippen molar-refractivity contribution in [2.45, 2.75) is 19.8 Å². The fourth-order valence-electron chi connectivity index (χ4n) is 2.39. The summed E-state index contributed by atoms with van der Waals surface area (Å²) < 4.78 is 10.8. The summed E-state index contributed by atoms with van der Waals surface area (Å²) in [5.41, 5.74) is 2.07. The summed E-state index contributed by atoms with van der Waals surface area (Å²) in [6, 6.07) is 14.9. The number of unbranched alkanes of at least 4 members (excludes halogenated alkanes) is 1. The van der Waals surface area contributed by atoms with Gasteiger partial charge < -0.3 is 9.47 Å². The summed E-state index contributed by atoms with van der Waals surface area (Å²) in [5, 5.41) is 0.670. The molecule has 0 amide bonds. The van der Waals surface area contributed by atoms with Gasteiger partial charge in [-0.05, 0) is 54.0 Å². The largest absolute Gasteiger partial charge is 0.494 e. The average Bonchev–Trinajstić information content (AvgIpc) is 3.02. The standard InChI is InChI=1S/C22H20ClNO3/c1-2-3-14-26-19-11-6-17(7-12-19)15-20-22(25)27-21(24-20)13-8-16-4-9-18(23)10-5-16/h4-13,15H,2-3,14H2,1H3. The Hall–Kier alpha value is -2.85. The fourth-order valence-corrected chi connectivity index (χ4v) is 2.52. The molecule has 0 saturated carbocycles. The Morgan fingerprint density at radius 2 is 1.74 bits per heavy atom. The van der Waals surface area contributed by atoms with Crippen LogP contribution in [-0.2, 0) is 9.53 Å². The van der Waals surface area contributed by atoms with Crippen LogP contribution < -0.4 is 4.74 Å². The Bertz CT molecular complexity index is 881. The number of benzene rings is 2. The molecule has 5 heteroatoms. The van der Waals surface area contributed by atoms with Crippen LogP contribution in [0.25, 0.3) is 12.2 Å². The molecule has 0 atom stereocenters. The minimum atomic E-state index is -0.464. The molecule has 3 rings (SSSR count). The summed E-state index contributed by atoms with van der Waals surface area (Å²) in [6.07, 6.45) is 7.29. The number of nitrogens with zero attached hydrogens (tertiary/aromatic N) is 1. The summed E-state index contributed by atoms with van der Waals surface area (Å²) in [7, 11) is 0. The third-order valence-corrected chi connectivity index (χ3v) is 4.13. The van der Waals surface area contributed by atoms with Crippen molar-refractivity contribution in [3.8, 4) is 5.75 Å². The molecular formula is C22H20ClNO3. The molecule has 0 spiro atoms. The van der Waals surface area contributed by atoms with Gasteiger partial charge in [0, 0.05) is 11.1 Å². The Morgan fingerprint density at radius 3 is 2.44 bits per heavy atom. The lowest BCUT2D eigenvalue weighted by molar-refractivity contribution is -0.129. The predicted octanol–water partition coefficient (Wildman–Crippen LogP) is 5.53. The lowest BCUT2D eigenvalue weighted by atomic mass is 10.2. The van der Waals surface area contributed by atoms with Gasteiger partial charge in [-0.2, -0.15) is 0 Å². The highest BCUT2D eigenvalue weighted by molar-refractivity contribution is 6.30. The molecular weight excluding hydrogens is 362 g/mol. The van der Waals surface area contributed by atoms with Crippen molar-refractivity contribution in [1.29, 1.82) is 0 Å². The first kappa shape index (κ1) is 18.9. The SMILES string of the molecule is CCCCOc1ccc(C=C2N=C(C=Cc3ccc(Cl)cc3)OC2=O)cc1. The van der Waals surface area contributed by atoms with Gasteiger partial charge in [-0.1, -0.05) is 49.2 Å². The third kappa shape index (κ3) is 5.56. The first-order valence-corrected chi connectivity index (χ1v) is 9.21. The molecule has 2 aromatic rings. The van der Waals surface area contributed by atoms with Gasteiger partial charge in [0.05, 0.1) is 6.61 Å². The molecule has 0 aromatic heterocycles. The van der Waals surface area contributed by atoms with E-state index in [1.165, 1.54) is 0 Å². The Kier molecular flexibility index (Phi) is 6.44. The summed E-state index contributed by atoms with van der Waals surface area (Å²) in [6.45, 7) is 2.83. The number of hydrogen-bond donors (Lipinski definition) is 0. The predicted molar refractivity (Wildman–Crippen MR) is 109 cm³/mol. The summed E-state index contributed by atoms with van der Waals surface area (Å²) >= 11 is 5.86. The third-order valence-electron chi connectivity index (χ3n) is 3.88. The van der Waals surface area contributed by atoms with Crippen molar-refractivity contribution in [3.05, 3.63) is 76.5 Å². The van der Waals surface area contributed by atoms with Crippen LogP contribution in [0.1, 0.15) is 30.9 Å². The van der Waals surface area contributed by atoms with Crippen molar-refractivity contribution in [2.24, 2.45) is 4.99 Å². The van der Waals surface area contributed by atoms with E-state index in [0.29, 0.717) is 11.6 Å². The Balaban J connectivity index is 1.67. The van der Waals surface area contributed by atoms with Gasteiger partial charge >= 0.3 is 5.97 Å². The zero-order valence-electron chi connectivity index (χ0n) is 15.0. The molecule has 1 heterocycles. The first-order chi connectivity index (χ1) is 13.1. The molecule has 27 heavy (non-hydrogen) atoms. The highest BCUT2D eigenvalue weighted by atomic mass is 35.5. The van der Waals surface area contributed by atoms with E-state index in [0.717, 1.165) is 29.7 Å². The van der Waals surface area contributed by atoms with E-state index in [2.05, 4.69) is 11.9 Å². The van der Waals surface area contributed by atoms with Crippen LogP contribution in [0, 0.1) is 0 Å². The van der Waals surface area contributed by atoms with E-state index in [1.54, 1.807) is 24.3 Å². The molecule has 0 N–H and O–H groups in total. The van der Waals surface area contributed by atoms with Crippen molar-refractivity contribution in [3.63, 3.8) is 0 Å². The van der Waals surface area contributed by atoms with Crippen LogP contribution in [-0.4, -0.2) is 18.5 Å². The Labute approximate surface area is 163 Å². The number of carbonyl (C=O) groups is 1. The van der Waals surface area contributed by atoms with Crippen molar-refractivity contribution in [1.82, 2.24) is 0 Å². The molecule has 0 radical (unpaired) electrons. The van der Waals surface area contributed by atoms with E-state index in [-0.39, 0.29) is 11.6 Å². The Morgan fingerprint density at radius 1 is 1.04 bits per heavy atom. The summed E-state index contributed by atoms with van der Waals surface area (Å²) in [5.74, 6) is 0.615. The smallest absolute Gasteiger partial charge is 0.363 e. The highest BCUT2D eigenvalue weighted by Gasteiger charge is 2.21. The number of esters is 1. The second-order valence-electron chi connectivity index (χ2n) is 6.03. The number of halogens is 1. The van der Waals surface area contributed by atoms with Gasteiger partial charge in [0.15, 0.2) is 5.70 Å². The van der Waals surface area contributed by atoms with Gasteiger partial charge in [-0.25, -0.2) is 9.79 Å². The molecule has 0 bridgehead atoms. The number of rotatable bonds is 7. The molecule has 2 aromatic carbocycles. The number of carbonyl (C=O) groups excluding carboxylic acids is 1. The monoisotopic (exact) mass is 381 g/mol. The van der Waals surface area contributed by atoms with Crippen LogP contribution in [0.3, 0.4) is 0 Å². The van der Waals surface area contributed by atoms with E-state index in [1.807, 2.05) is 42.5 Å². The molecule has 0 unspecified atom stereocenters. The quantitative estimate of drug-likeness (QED) is 0.360. The van der Waals surface area contributed by atoms with Gasteiger partial charge in [-0.3, -0.25) is 0 Å². The van der Waals surface area contributed by atoms with Gasteiger partial charge in [0.1, 0.15) is 5.75 Å². The van der Waals surface area contributed by atoms with Crippen LogP contribution in [0.2, 0.25) is 5.02 Å². The van der Waals surface area contributed by atoms with E-state index in [9.17, 15) is 4.79 Å². The van der Waals surface area contributed by atoms with Crippen LogP contribution in [0.5, 0.6) is 5.75 Å². The number of aliphatic imine (C=N–C) groups is 1. The van der Waals surface area contributed by atoms with Gasteiger partial charge in [-0.15, -0.1) is 0 Å². The van der Waals surface area contributed by atoms with E-state index in [4.69, 9.17) is 21.1 Å². The molecule has 1 aliphatic heterocycles. The maximum absolute atomic E-state index is 12.0. The van der Waals surface area contributed by atoms with Crippen LogP contribution in [0.4, 0.5) is 0 Å². The zero-order valence-corrected chi connectivity index (χ0v) is 15.8. The molecule has 4 nitrogen and oxygen atoms in total. The highest BCUT2D eigenvalue weighted by Crippen LogP contribution is 2.19. The van der Waals surface area contributed by atoms with Crippen LogP contribution in [0.15, 0.2) is 65.3 Å². The average molecular weight is 382 g/mol. The second-order valence-corrected chi connectivity index (χ2v) is 6.46. The van der Waals surface area contributed by atoms with E-state index >= 15 is 0 Å². The number of hydrogen-bond acceptors (Lipinski definition) is 4. The molecule has 1 aliphatic rings. The van der Waals surface area contributed by atoms with Crippen molar-refractivity contribution < 1.29 is 14.3 Å². The fraction of sp³-hybridized carbons (Fsp3) is 0.182. The lowest BCUT2D eigenvalue weighted by Crippen LogP contribution is -2.01. The maximum Gasteiger partial charge on any atom is 0.363 e. The maximum atomic E-state index is 12.0. The van der Waals surface area contributed by atoms with Crippen LogP contribution >= 0.6 is 11.6 Å². The molecule has 0 saturated heterocycles. The second kappa shape index (κ2) is 9.19.